The highest BCUT2D eigenvalue weighted by molar-refractivity contribution is 5.27. The topological polar surface area (TPSA) is 3.24 Å². The molecule has 0 N–H and O–H groups in total. The minimum absolute atomic E-state index is 0.0584. The highest BCUT2D eigenvalue weighted by atomic mass is 19.1. The number of rotatable bonds is 2. The molecule has 14 heavy (non-hydrogen) atoms. The second kappa shape index (κ2) is 4.09. The van der Waals surface area contributed by atoms with E-state index in [0.717, 1.165) is 30.8 Å². The number of aryl methyl sites for hydroxylation is 1. The summed E-state index contributed by atoms with van der Waals surface area (Å²) in [6.45, 7) is 4.99. The number of halogens is 1. The molecule has 2 rings (SSSR count). The first-order valence-electron chi connectivity index (χ1n) is 5.24. The lowest BCUT2D eigenvalue weighted by Crippen LogP contribution is -2.19. The van der Waals surface area contributed by atoms with E-state index in [2.05, 4.69) is 4.90 Å². The molecule has 0 aromatic heterocycles. The van der Waals surface area contributed by atoms with Crippen molar-refractivity contribution in [1.82, 2.24) is 4.90 Å². The maximum atomic E-state index is 13.5. The largest absolute Gasteiger partial charge is 0.299 e. The molecule has 1 heterocycles. The van der Waals surface area contributed by atoms with Gasteiger partial charge in [0, 0.05) is 12.1 Å². The maximum absolute atomic E-state index is 13.5. The van der Waals surface area contributed by atoms with Gasteiger partial charge in [-0.15, -0.1) is 0 Å². The van der Waals surface area contributed by atoms with Crippen molar-refractivity contribution in [2.45, 2.75) is 26.3 Å². The number of benzene rings is 1. The Morgan fingerprint density at radius 3 is 2.64 bits per heavy atom. The summed E-state index contributed by atoms with van der Waals surface area (Å²) < 4.78 is 13.5. The number of nitrogens with zero attached hydrogens (tertiary/aromatic N) is 1. The van der Waals surface area contributed by atoms with E-state index in [1.165, 1.54) is 12.8 Å². The van der Waals surface area contributed by atoms with E-state index in [0.29, 0.717) is 0 Å². The molecule has 0 unspecified atom stereocenters. The molecule has 76 valence electrons. The van der Waals surface area contributed by atoms with Gasteiger partial charge in [0.2, 0.25) is 0 Å². The van der Waals surface area contributed by atoms with Crippen LogP contribution in [0.15, 0.2) is 18.2 Å². The monoisotopic (exact) mass is 193 g/mol. The van der Waals surface area contributed by atoms with Crippen molar-refractivity contribution < 1.29 is 4.39 Å². The molecule has 1 aliphatic heterocycles. The van der Waals surface area contributed by atoms with Crippen LogP contribution in [0.2, 0.25) is 0 Å². The molecule has 0 saturated carbocycles. The molecule has 1 nitrogen and oxygen atoms in total. The van der Waals surface area contributed by atoms with Crippen molar-refractivity contribution in [2.75, 3.05) is 13.1 Å². The zero-order valence-electron chi connectivity index (χ0n) is 8.59. The van der Waals surface area contributed by atoms with Gasteiger partial charge >= 0.3 is 0 Å². The van der Waals surface area contributed by atoms with Gasteiger partial charge in [0.05, 0.1) is 0 Å². The minimum atomic E-state index is -0.0584. The highest BCUT2D eigenvalue weighted by Crippen LogP contribution is 2.18. The Bertz CT molecular complexity index is 296. The fourth-order valence-corrected chi connectivity index (χ4v) is 2.03. The SMILES string of the molecule is Cc1cccc(F)c1CN1CCCC1. The molecule has 1 aromatic rings. The molecule has 0 spiro atoms. The second-order valence-electron chi connectivity index (χ2n) is 4.02. The Balaban J connectivity index is 2.14. The lowest BCUT2D eigenvalue weighted by Gasteiger charge is -2.16. The van der Waals surface area contributed by atoms with Crippen molar-refractivity contribution in [3.05, 3.63) is 35.1 Å². The van der Waals surface area contributed by atoms with Gasteiger partial charge in [0.15, 0.2) is 0 Å². The normalized spacial score (nSPS) is 17.6. The lowest BCUT2D eigenvalue weighted by molar-refractivity contribution is 0.324. The Kier molecular flexibility index (Phi) is 2.82. The average Bonchev–Trinajstić information content (AvgIpc) is 2.64. The molecule has 0 aliphatic carbocycles. The third-order valence-electron chi connectivity index (χ3n) is 2.93. The zero-order valence-corrected chi connectivity index (χ0v) is 8.59. The predicted octanol–water partition coefficient (Wildman–Crippen LogP) is 2.73. The van der Waals surface area contributed by atoms with Crippen LogP contribution < -0.4 is 0 Å². The van der Waals surface area contributed by atoms with Crippen molar-refractivity contribution in [3.63, 3.8) is 0 Å². The van der Waals surface area contributed by atoms with Gasteiger partial charge in [-0.3, -0.25) is 4.90 Å². The highest BCUT2D eigenvalue weighted by Gasteiger charge is 2.14. The van der Waals surface area contributed by atoms with Crippen LogP contribution >= 0.6 is 0 Å². The van der Waals surface area contributed by atoms with Crippen LogP contribution in [0.3, 0.4) is 0 Å². The Labute approximate surface area is 84.5 Å². The average molecular weight is 193 g/mol. The third-order valence-corrected chi connectivity index (χ3v) is 2.93. The number of likely N-dealkylation sites (tertiary alicyclic amines) is 1. The van der Waals surface area contributed by atoms with Crippen LogP contribution in [-0.4, -0.2) is 18.0 Å². The molecule has 2 heteroatoms. The zero-order chi connectivity index (χ0) is 9.97. The molecule has 0 radical (unpaired) electrons. The fourth-order valence-electron chi connectivity index (χ4n) is 2.03. The molecular weight excluding hydrogens is 177 g/mol. The fraction of sp³-hybridized carbons (Fsp3) is 0.500. The van der Waals surface area contributed by atoms with Crippen LogP contribution in [0, 0.1) is 12.7 Å². The van der Waals surface area contributed by atoms with Gasteiger partial charge in [-0.25, -0.2) is 4.39 Å². The Hall–Kier alpha value is -0.890. The molecule has 1 saturated heterocycles. The molecule has 1 aliphatic rings. The molecule has 0 atom stereocenters. The first kappa shape index (κ1) is 9.66. The Morgan fingerprint density at radius 2 is 2.00 bits per heavy atom. The second-order valence-corrected chi connectivity index (χ2v) is 4.02. The summed E-state index contributed by atoms with van der Waals surface area (Å²) in [5, 5.41) is 0. The summed E-state index contributed by atoms with van der Waals surface area (Å²) in [5.41, 5.74) is 1.94. The van der Waals surface area contributed by atoms with E-state index in [1.54, 1.807) is 12.1 Å². The van der Waals surface area contributed by atoms with Crippen LogP contribution in [0.5, 0.6) is 0 Å². The molecule has 0 amide bonds. The lowest BCUT2D eigenvalue weighted by atomic mass is 10.1. The summed E-state index contributed by atoms with van der Waals surface area (Å²) in [6.07, 6.45) is 2.51. The first-order chi connectivity index (χ1) is 6.77. The molecule has 0 bridgehead atoms. The maximum Gasteiger partial charge on any atom is 0.127 e. The van der Waals surface area contributed by atoms with Crippen LogP contribution in [0.1, 0.15) is 24.0 Å². The van der Waals surface area contributed by atoms with Crippen LogP contribution in [0.25, 0.3) is 0 Å². The van der Waals surface area contributed by atoms with E-state index in [9.17, 15) is 4.39 Å². The molecule has 1 aromatic carbocycles. The van der Waals surface area contributed by atoms with Gasteiger partial charge in [-0.05, 0) is 44.5 Å². The summed E-state index contributed by atoms with van der Waals surface area (Å²) in [5.74, 6) is -0.0584. The smallest absolute Gasteiger partial charge is 0.127 e. The third kappa shape index (κ3) is 1.95. The van der Waals surface area contributed by atoms with Crippen molar-refractivity contribution >= 4 is 0 Å². The standard InChI is InChI=1S/C12H16FN/c1-10-5-4-6-12(13)11(10)9-14-7-2-3-8-14/h4-6H,2-3,7-9H2,1H3. The molecular formula is C12H16FN. The number of hydrogen-bond donors (Lipinski definition) is 0. The first-order valence-corrected chi connectivity index (χ1v) is 5.24. The van der Waals surface area contributed by atoms with Gasteiger partial charge in [0.25, 0.3) is 0 Å². The van der Waals surface area contributed by atoms with Gasteiger partial charge < -0.3 is 0 Å². The van der Waals surface area contributed by atoms with E-state index >= 15 is 0 Å². The van der Waals surface area contributed by atoms with E-state index in [4.69, 9.17) is 0 Å². The summed E-state index contributed by atoms with van der Waals surface area (Å²) in [7, 11) is 0. The van der Waals surface area contributed by atoms with E-state index in [1.807, 2.05) is 13.0 Å². The van der Waals surface area contributed by atoms with Crippen LogP contribution in [0.4, 0.5) is 4.39 Å². The van der Waals surface area contributed by atoms with Crippen LogP contribution in [-0.2, 0) is 6.54 Å². The molecule has 1 fully saturated rings. The van der Waals surface area contributed by atoms with Crippen molar-refractivity contribution in [1.29, 1.82) is 0 Å². The predicted molar refractivity (Wildman–Crippen MR) is 55.6 cm³/mol. The van der Waals surface area contributed by atoms with Gasteiger partial charge in [0.1, 0.15) is 5.82 Å². The summed E-state index contributed by atoms with van der Waals surface area (Å²) >= 11 is 0. The van der Waals surface area contributed by atoms with Crippen molar-refractivity contribution in [3.8, 4) is 0 Å². The minimum Gasteiger partial charge on any atom is -0.299 e. The summed E-state index contributed by atoms with van der Waals surface area (Å²) in [6, 6.07) is 5.31. The van der Waals surface area contributed by atoms with E-state index in [-0.39, 0.29) is 5.82 Å². The van der Waals surface area contributed by atoms with Crippen molar-refractivity contribution in [2.24, 2.45) is 0 Å². The van der Waals surface area contributed by atoms with Gasteiger partial charge in [-0.1, -0.05) is 12.1 Å². The quantitative estimate of drug-likeness (QED) is 0.698. The summed E-state index contributed by atoms with van der Waals surface area (Å²) in [4.78, 5) is 2.32. The van der Waals surface area contributed by atoms with Gasteiger partial charge in [-0.2, -0.15) is 0 Å². The number of hydrogen-bond acceptors (Lipinski definition) is 1. The van der Waals surface area contributed by atoms with E-state index < -0.39 is 0 Å². The Morgan fingerprint density at radius 1 is 1.29 bits per heavy atom.